The molecule has 0 saturated carbocycles. The second-order valence-corrected chi connectivity index (χ2v) is 7.30. The van der Waals surface area contributed by atoms with Crippen molar-refractivity contribution >= 4 is 17.3 Å². The number of hydrogen-bond acceptors (Lipinski definition) is 4. The quantitative estimate of drug-likeness (QED) is 0.591. The maximum atomic E-state index is 4.46. The molecule has 1 fully saturated rings. The lowest BCUT2D eigenvalue weighted by Crippen LogP contribution is -2.44. The molecule has 1 unspecified atom stereocenters. The van der Waals surface area contributed by atoms with E-state index in [2.05, 4.69) is 39.4 Å². The highest BCUT2D eigenvalue weighted by molar-refractivity contribution is 7.11. The lowest BCUT2D eigenvalue weighted by molar-refractivity contribution is 0.183. The summed E-state index contributed by atoms with van der Waals surface area (Å²) < 4.78 is 0. The van der Waals surface area contributed by atoms with Crippen LogP contribution in [0.2, 0.25) is 0 Å². The van der Waals surface area contributed by atoms with Gasteiger partial charge >= 0.3 is 0 Å². The monoisotopic (exact) mass is 337 g/mol. The third-order valence-corrected chi connectivity index (χ3v) is 5.61. The SMILES string of the molecule is CCc1cnc(CCNC(=NC)NCC2CCCN(CC)C2)s1. The molecule has 1 aromatic heterocycles. The fraction of sp³-hybridized carbons (Fsp3) is 0.765. The molecule has 1 saturated heterocycles. The molecule has 130 valence electrons. The average molecular weight is 338 g/mol. The van der Waals surface area contributed by atoms with Crippen molar-refractivity contribution in [2.45, 2.75) is 39.5 Å². The standard InChI is InChI=1S/C17H31N5S/c1-4-15-12-20-16(23-15)8-9-19-17(18-3)21-11-14-7-6-10-22(5-2)13-14/h12,14H,4-11,13H2,1-3H3,(H2,18,19,21). The van der Waals surface area contributed by atoms with Gasteiger partial charge < -0.3 is 15.5 Å². The van der Waals surface area contributed by atoms with E-state index in [1.807, 2.05) is 24.6 Å². The summed E-state index contributed by atoms with van der Waals surface area (Å²) in [4.78, 5) is 12.7. The van der Waals surface area contributed by atoms with Gasteiger partial charge in [0.1, 0.15) is 0 Å². The number of aliphatic imine (C=N–C) groups is 1. The van der Waals surface area contributed by atoms with E-state index in [9.17, 15) is 0 Å². The van der Waals surface area contributed by atoms with Gasteiger partial charge in [0, 0.05) is 44.2 Å². The zero-order valence-corrected chi connectivity index (χ0v) is 15.6. The summed E-state index contributed by atoms with van der Waals surface area (Å²) in [5.74, 6) is 1.64. The van der Waals surface area contributed by atoms with Gasteiger partial charge in [-0.2, -0.15) is 0 Å². The highest BCUT2D eigenvalue weighted by Gasteiger charge is 2.18. The molecule has 0 amide bonds. The zero-order valence-electron chi connectivity index (χ0n) is 14.8. The van der Waals surface area contributed by atoms with Crippen LogP contribution >= 0.6 is 11.3 Å². The largest absolute Gasteiger partial charge is 0.356 e. The topological polar surface area (TPSA) is 52.6 Å². The molecule has 0 spiro atoms. The first kappa shape index (κ1) is 18.2. The molecular weight excluding hydrogens is 306 g/mol. The van der Waals surface area contributed by atoms with Crippen LogP contribution in [0.25, 0.3) is 0 Å². The number of piperidine rings is 1. The van der Waals surface area contributed by atoms with Gasteiger partial charge in [-0.15, -0.1) is 11.3 Å². The van der Waals surface area contributed by atoms with Crippen molar-refractivity contribution in [3.8, 4) is 0 Å². The van der Waals surface area contributed by atoms with Crippen molar-refractivity contribution in [1.29, 1.82) is 0 Å². The minimum atomic E-state index is 0.730. The van der Waals surface area contributed by atoms with Crippen LogP contribution in [0, 0.1) is 5.92 Å². The van der Waals surface area contributed by atoms with E-state index in [-0.39, 0.29) is 0 Å². The maximum absolute atomic E-state index is 4.46. The Bertz CT molecular complexity index is 485. The van der Waals surface area contributed by atoms with Crippen LogP contribution < -0.4 is 10.6 Å². The van der Waals surface area contributed by atoms with Gasteiger partial charge in [0.15, 0.2) is 5.96 Å². The first-order valence-corrected chi connectivity index (χ1v) is 9.67. The summed E-state index contributed by atoms with van der Waals surface area (Å²) in [6.07, 6.45) is 6.66. The van der Waals surface area contributed by atoms with Gasteiger partial charge in [0.05, 0.1) is 5.01 Å². The molecule has 2 N–H and O–H groups in total. The van der Waals surface area contributed by atoms with Crippen LogP contribution in [0.3, 0.4) is 0 Å². The third kappa shape index (κ3) is 6.11. The molecule has 1 aliphatic heterocycles. The van der Waals surface area contributed by atoms with Gasteiger partial charge in [-0.3, -0.25) is 4.99 Å². The molecule has 2 heterocycles. The molecule has 0 radical (unpaired) electrons. The minimum absolute atomic E-state index is 0.730. The maximum Gasteiger partial charge on any atom is 0.191 e. The summed E-state index contributed by atoms with van der Waals surface area (Å²) >= 11 is 1.81. The Morgan fingerprint density at radius 2 is 2.30 bits per heavy atom. The van der Waals surface area contributed by atoms with Crippen molar-refractivity contribution in [3.63, 3.8) is 0 Å². The van der Waals surface area contributed by atoms with Gasteiger partial charge in [-0.1, -0.05) is 13.8 Å². The predicted molar refractivity (Wildman–Crippen MR) is 99.4 cm³/mol. The van der Waals surface area contributed by atoms with Crippen LogP contribution in [-0.2, 0) is 12.8 Å². The molecule has 5 nitrogen and oxygen atoms in total. The first-order chi connectivity index (χ1) is 11.2. The molecule has 1 aromatic rings. The Hall–Kier alpha value is -1.14. The molecule has 0 aliphatic carbocycles. The van der Waals surface area contributed by atoms with E-state index < -0.39 is 0 Å². The Morgan fingerprint density at radius 3 is 3.00 bits per heavy atom. The molecule has 23 heavy (non-hydrogen) atoms. The number of likely N-dealkylation sites (tertiary alicyclic amines) is 1. The van der Waals surface area contributed by atoms with Gasteiger partial charge in [-0.05, 0) is 38.3 Å². The van der Waals surface area contributed by atoms with Crippen molar-refractivity contribution < 1.29 is 0 Å². The highest BCUT2D eigenvalue weighted by Crippen LogP contribution is 2.15. The Balaban J connectivity index is 1.67. The van der Waals surface area contributed by atoms with Gasteiger partial charge in [0.25, 0.3) is 0 Å². The summed E-state index contributed by atoms with van der Waals surface area (Å²) in [6.45, 7) is 9.94. The summed E-state index contributed by atoms with van der Waals surface area (Å²) in [6, 6.07) is 0. The van der Waals surface area contributed by atoms with Crippen molar-refractivity contribution in [2.24, 2.45) is 10.9 Å². The Labute approximate surface area is 144 Å². The number of thiazole rings is 1. The molecule has 0 aromatic carbocycles. The normalized spacial score (nSPS) is 19.8. The van der Waals surface area contributed by atoms with Crippen LogP contribution in [0.15, 0.2) is 11.2 Å². The van der Waals surface area contributed by atoms with Gasteiger partial charge in [-0.25, -0.2) is 4.98 Å². The second-order valence-electron chi connectivity index (χ2n) is 6.11. The molecule has 1 atom stereocenters. The molecule has 1 aliphatic rings. The van der Waals surface area contributed by atoms with Crippen LogP contribution in [0.5, 0.6) is 0 Å². The molecule has 0 bridgehead atoms. The van der Waals surface area contributed by atoms with Gasteiger partial charge in [0.2, 0.25) is 0 Å². The zero-order chi connectivity index (χ0) is 16.5. The van der Waals surface area contributed by atoms with Crippen LogP contribution in [-0.4, -0.2) is 55.6 Å². The highest BCUT2D eigenvalue weighted by atomic mass is 32.1. The summed E-state index contributed by atoms with van der Waals surface area (Å²) in [5, 5.41) is 8.09. The smallest absolute Gasteiger partial charge is 0.191 e. The average Bonchev–Trinajstić information content (AvgIpc) is 3.06. The molecular formula is C17H31N5S. The van der Waals surface area contributed by atoms with Crippen molar-refractivity contribution in [1.82, 2.24) is 20.5 Å². The van der Waals surface area contributed by atoms with Crippen LogP contribution in [0.1, 0.15) is 36.6 Å². The number of hydrogen-bond donors (Lipinski definition) is 2. The fourth-order valence-corrected chi connectivity index (χ4v) is 3.84. The third-order valence-electron chi connectivity index (χ3n) is 4.41. The lowest BCUT2D eigenvalue weighted by atomic mass is 9.98. The minimum Gasteiger partial charge on any atom is -0.356 e. The first-order valence-electron chi connectivity index (χ1n) is 8.85. The molecule has 2 rings (SSSR count). The summed E-state index contributed by atoms with van der Waals surface area (Å²) in [7, 11) is 1.84. The molecule has 6 heteroatoms. The number of nitrogens with zero attached hydrogens (tertiary/aromatic N) is 3. The number of aryl methyl sites for hydroxylation is 1. The van der Waals surface area contributed by atoms with E-state index in [0.29, 0.717) is 0 Å². The van der Waals surface area contributed by atoms with E-state index in [4.69, 9.17) is 0 Å². The van der Waals surface area contributed by atoms with E-state index in [1.54, 1.807) is 0 Å². The van der Waals surface area contributed by atoms with Crippen LogP contribution in [0.4, 0.5) is 0 Å². The van der Waals surface area contributed by atoms with E-state index >= 15 is 0 Å². The number of aromatic nitrogens is 1. The van der Waals surface area contributed by atoms with Crippen molar-refractivity contribution in [3.05, 3.63) is 16.1 Å². The fourth-order valence-electron chi connectivity index (χ4n) is 2.98. The number of nitrogens with one attached hydrogen (secondary N) is 2. The predicted octanol–water partition coefficient (Wildman–Crippen LogP) is 2.14. The van der Waals surface area contributed by atoms with E-state index in [0.717, 1.165) is 44.4 Å². The Morgan fingerprint density at radius 1 is 1.43 bits per heavy atom. The van der Waals surface area contributed by atoms with Crippen molar-refractivity contribution in [2.75, 3.05) is 39.8 Å². The Kier molecular flexibility index (Phi) is 7.82. The summed E-state index contributed by atoms with van der Waals surface area (Å²) in [5.41, 5.74) is 0. The number of guanidine groups is 1. The van der Waals surface area contributed by atoms with E-state index in [1.165, 1.54) is 35.8 Å². The lowest BCUT2D eigenvalue weighted by Gasteiger charge is -2.32. The second kappa shape index (κ2) is 9.88. The number of rotatable bonds is 7.